The number of aromatic nitrogens is 1. The molecule has 1 aromatic heterocycles. The predicted octanol–water partition coefficient (Wildman–Crippen LogP) is 1.28. The Morgan fingerprint density at radius 2 is 1.95 bits per heavy atom. The van der Waals surface area contributed by atoms with Crippen LogP contribution in [0, 0.1) is 11.3 Å². The number of nitrogens with one attached hydrogen (secondary N) is 2. The summed E-state index contributed by atoms with van der Waals surface area (Å²) in [6, 6.07) is 8.78. The summed E-state index contributed by atoms with van der Waals surface area (Å²) in [4.78, 5) is 13.9. The summed E-state index contributed by atoms with van der Waals surface area (Å²) in [7, 11) is -2.25. The minimum absolute atomic E-state index is 0.0557. The quantitative estimate of drug-likeness (QED) is 0.777. The molecule has 0 bridgehead atoms. The zero-order valence-electron chi connectivity index (χ0n) is 11.4. The van der Waals surface area contributed by atoms with Crippen LogP contribution in [-0.4, -0.2) is 18.9 Å². The molecule has 0 aliphatic heterocycles. The average Bonchev–Trinajstić information content (AvgIpc) is 2.83. The number of carbonyl (C=O) groups excluding carboxylic acids is 1. The molecule has 0 aliphatic carbocycles. The summed E-state index contributed by atoms with van der Waals surface area (Å²) in [5.74, 6) is -0.592. The highest BCUT2D eigenvalue weighted by atomic mass is 79.9. The fourth-order valence-electron chi connectivity index (χ4n) is 1.70. The Kier molecular flexibility index (Phi) is 4.65. The van der Waals surface area contributed by atoms with Crippen LogP contribution < -0.4 is 10.3 Å². The number of aryl methyl sites for hydroxylation is 1. The number of amides is 1. The Morgan fingerprint density at radius 3 is 2.45 bits per heavy atom. The lowest BCUT2D eigenvalue weighted by atomic mass is 10.2. The fraction of sp³-hybridized carbons (Fsp3) is 0.0769. The van der Waals surface area contributed by atoms with Crippen LogP contribution in [-0.2, 0) is 17.1 Å². The Hall–Kier alpha value is -2.15. The Balaban J connectivity index is 2.11. The molecule has 114 valence electrons. The Labute approximate surface area is 135 Å². The van der Waals surface area contributed by atoms with Crippen LogP contribution >= 0.6 is 15.9 Å². The molecule has 9 heteroatoms. The summed E-state index contributed by atoms with van der Waals surface area (Å²) < 4.78 is 26.3. The first-order chi connectivity index (χ1) is 10.3. The molecule has 0 unspecified atom stereocenters. The third-order valence-corrected chi connectivity index (χ3v) is 4.49. The van der Waals surface area contributed by atoms with Gasteiger partial charge >= 0.3 is 0 Å². The highest BCUT2D eigenvalue weighted by Crippen LogP contribution is 2.13. The maximum atomic E-state index is 12.0. The van der Waals surface area contributed by atoms with Gasteiger partial charge in [0.15, 0.2) is 0 Å². The van der Waals surface area contributed by atoms with Crippen molar-refractivity contribution in [2.75, 3.05) is 0 Å². The van der Waals surface area contributed by atoms with Crippen LogP contribution in [0.15, 0.2) is 45.9 Å². The van der Waals surface area contributed by atoms with Gasteiger partial charge in [-0.1, -0.05) is 0 Å². The first-order valence-corrected chi connectivity index (χ1v) is 8.25. The first-order valence-electron chi connectivity index (χ1n) is 5.97. The molecule has 0 saturated carbocycles. The maximum Gasteiger partial charge on any atom is 0.282 e. The van der Waals surface area contributed by atoms with Crippen LogP contribution in [0.5, 0.6) is 0 Å². The van der Waals surface area contributed by atoms with Crippen molar-refractivity contribution >= 4 is 31.9 Å². The number of halogens is 1. The van der Waals surface area contributed by atoms with Crippen LogP contribution in [0.2, 0.25) is 0 Å². The predicted molar refractivity (Wildman–Crippen MR) is 82.1 cm³/mol. The molecule has 0 radical (unpaired) electrons. The van der Waals surface area contributed by atoms with E-state index in [1.165, 1.54) is 24.3 Å². The van der Waals surface area contributed by atoms with E-state index in [4.69, 9.17) is 5.26 Å². The molecule has 1 amide bonds. The molecule has 0 atom stereocenters. The maximum absolute atomic E-state index is 12.0. The van der Waals surface area contributed by atoms with Crippen molar-refractivity contribution in [2.45, 2.75) is 4.90 Å². The van der Waals surface area contributed by atoms with Crippen molar-refractivity contribution in [3.05, 3.63) is 52.3 Å². The molecule has 0 aliphatic rings. The van der Waals surface area contributed by atoms with Crippen molar-refractivity contribution in [3.8, 4) is 6.07 Å². The van der Waals surface area contributed by atoms with Gasteiger partial charge in [0.05, 0.1) is 16.5 Å². The zero-order chi connectivity index (χ0) is 16.3. The molecule has 2 N–H and O–H groups in total. The molecule has 1 heterocycles. The summed E-state index contributed by atoms with van der Waals surface area (Å²) in [5, 5.41) is 8.68. The van der Waals surface area contributed by atoms with Crippen LogP contribution in [0.25, 0.3) is 0 Å². The highest BCUT2D eigenvalue weighted by molar-refractivity contribution is 9.10. The fourth-order valence-corrected chi connectivity index (χ4v) is 3.06. The van der Waals surface area contributed by atoms with E-state index < -0.39 is 15.9 Å². The smallest absolute Gasteiger partial charge is 0.282 e. The van der Waals surface area contributed by atoms with Crippen molar-refractivity contribution in [3.63, 3.8) is 0 Å². The van der Waals surface area contributed by atoms with Gasteiger partial charge in [0.2, 0.25) is 0 Å². The van der Waals surface area contributed by atoms with E-state index in [0.29, 0.717) is 10.0 Å². The monoisotopic (exact) mass is 382 g/mol. The van der Waals surface area contributed by atoms with Gasteiger partial charge in [0.25, 0.3) is 15.9 Å². The van der Waals surface area contributed by atoms with Gasteiger partial charge < -0.3 is 4.57 Å². The largest absolute Gasteiger partial charge is 0.345 e. The van der Waals surface area contributed by atoms with Crippen molar-refractivity contribution in [1.29, 1.82) is 5.26 Å². The van der Waals surface area contributed by atoms with Crippen LogP contribution in [0.3, 0.4) is 0 Å². The number of hydrogen-bond acceptors (Lipinski definition) is 4. The Bertz CT molecular complexity index is 850. The summed E-state index contributed by atoms with van der Waals surface area (Å²) in [6.45, 7) is 0. The van der Waals surface area contributed by atoms with Crippen molar-refractivity contribution in [2.24, 2.45) is 7.05 Å². The summed E-state index contributed by atoms with van der Waals surface area (Å²) in [6.07, 6.45) is 1.67. The third-order valence-electron chi connectivity index (χ3n) is 2.80. The Morgan fingerprint density at radius 1 is 1.32 bits per heavy atom. The second kappa shape index (κ2) is 6.31. The van der Waals surface area contributed by atoms with Crippen LogP contribution in [0.4, 0.5) is 0 Å². The minimum Gasteiger partial charge on any atom is -0.345 e. The summed E-state index contributed by atoms with van der Waals surface area (Å²) >= 11 is 3.23. The molecule has 2 aromatic rings. The van der Waals surface area contributed by atoms with Gasteiger partial charge in [0.1, 0.15) is 5.69 Å². The minimum atomic E-state index is -3.91. The van der Waals surface area contributed by atoms with E-state index in [-0.39, 0.29) is 10.6 Å². The topological polar surface area (TPSA) is 104 Å². The zero-order valence-corrected chi connectivity index (χ0v) is 13.8. The lowest BCUT2D eigenvalue weighted by Crippen LogP contribution is -2.42. The van der Waals surface area contributed by atoms with Crippen molar-refractivity contribution in [1.82, 2.24) is 14.8 Å². The number of carbonyl (C=O) groups is 1. The summed E-state index contributed by atoms with van der Waals surface area (Å²) in [5.41, 5.74) is 2.77. The molecule has 1 aromatic carbocycles. The number of nitrogens with zero attached hydrogens (tertiary/aromatic N) is 2. The first kappa shape index (κ1) is 16.2. The van der Waals surface area contributed by atoms with E-state index in [0.717, 1.165) is 0 Å². The molecule has 2 rings (SSSR count). The number of hydrazine groups is 1. The van der Waals surface area contributed by atoms with Gasteiger partial charge in [-0.2, -0.15) is 5.26 Å². The van der Waals surface area contributed by atoms with Gasteiger partial charge in [0, 0.05) is 17.7 Å². The molecule has 7 nitrogen and oxygen atoms in total. The van der Waals surface area contributed by atoms with Crippen LogP contribution in [0.1, 0.15) is 16.1 Å². The van der Waals surface area contributed by atoms with E-state index in [1.54, 1.807) is 23.9 Å². The van der Waals surface area contributed by atoms with E-state index in [1.807, 2.05) is 10.9 Å². The van der Waals surface area contributed by atoms with E-state index in [9.17, 15) is 13.2 Å². The SMILES string of the molecule is Cn1cc(Br)cc1C(=O)NNS(=O)(=O)c1ccc(C#N)cc1. The third kappa shape index (κ3) is 3.54. The molecule has 0 spiro atoms. The lowest BCUT2D eigenvalue weighted by molar-refractivity contribution is 0.0937. The number of hydrogen-bond donors (Lipinski definition) is 2. The van der Waals surface area contributed by atoms with Gasteiger partial charge in [-0.05, 0) is 46.3 Å². The number of benzene rings is 1. The second-order valence-corrected chi connectivity index (χ2v) is 6.95. The standard InChI is InChI=1S/C13H11BrN4O3S/c1-18-8-10(14)6-12(18)13(19)16-17-22(20,21)11-4-2-9(7-15)3-5-11/h2-6,8,17H,1H3,(H,16,19). The molecular formula is C13H11BrN4O3S. The second-order valence-electron chi connectivity index (χ2n) is 4.35. The van der Waals surface area contributed by atoms with Crippen molar-refractivity contribution < 1.29 is 13.2 Å². The highest BCUT2D eigenvalue weighted by Gasteiger charge is 2.17. The number of rotatable bonds is 4. The molecule has 0 fully saturated rings. The average molecular weight is 383 g/mol. The molecule has 0 saturated heterocycles. The van der Waals surface area contributed by atoms with Gasteiger partial charge in [-0.15, -0.1) is 4.83 Å². The van der Waals surface area contributed by atoms with Gasteiger partial charge in [-0.25, -0.2) is 8.42 Å². The van der Waals surface area contributed by atoms with E-state index >= 15 is 0 Å². The molecular weight excluding hydrogens is 372 g/mol. The number of sulfonamides is 1. The normalized spacial score (nSPS) is 11.0. The van der Waals surface area contributed by atoms with E-state index in [2.05, 4.69) is 21.4 Å². The molecule has 22 heavy (non-hydrogen) atoms. The van der Waals surface area contributed by atoms with Gasteiger partial charge in [-0.3, -0.25) is 10.2 Å². The lowest BCUT2D eigenvalue weighted by Gasteiger charge is -2.08. The number of nitriles is 1.